The van der Waals surface area contributed by atoms with Crippen LogP contribution in [0.3, 0.4) is 0 Å². The maximum Gasteiger partial charge on any atom is 0.333 e. The Balaban J connectivity index is 2.24. The number of aliphatic carboxylic acids is 1. The van der Waals surface area contributed by atoms with Crippen molar-refractivity contribution in [2.24, 2.45) is 0 Å². The van der Waals surface area contributed by atoms with E-state index in [-0.39, 0.29) is 17.9 Å². The molecular formula is C12H17NO8. The van der Waals surface area contributed by atoms with Crippen LogP contribution < -0.4 is 0 Å². The summed E-state index contributed by atoms with van der Waals surface area (Å²) in [6, 6.07) is 0. The van der Waals surface area contributed by atoms with E-state index < -0.39 is 36.0 Å². The quantitative estimate of drug-likeness (QED) is 0.304. The van der Waals surface area contributed by atoms with Crippen LogP contribution in [0, 0.1) is 0 Å². The molecule has 118 valence electrons. The molecule has 0 spiro atoms. The van der Waals surface area contributed by atoms with Crippen molar-refractivity contribution in [3.63, 3.8) is 0 Å². The van der Waals surface area contributed by atoms with Gasteiger partial charge in [-0.2, -0.15) is 0 Å². The Morgan fingerprint density at radius 3 is 2.14 bits per heavy atom. The lowest BCUT2D eigenvalue weighted by molar-refractivity contribution is -0.212. The number of carboxylic acid groups (broad SMARTS) is 1. The van der Waals surface area contributed by atoms with E-state index in [0.717, 1.165) is 0 Å². The number of nitrogens with zero attached hydrogens (tertiary/aromatic N) is 1. The van der Waals surface area contributed by atoms with Crippen molar-refractivity contribution in [3.8, 4) is 0 Å². The first-order valence-corrected chi connectivity index (χ1v) is 6.49. The van der Waals surface area contributed by atoms with Crippen LogP contribution >= 0.6 is 0 Å². The molecule has 0 saturated carbocycles. The van der Waals surface area contributed by atoms with Crippen molar-refractivity contribution >= 4 is 23.8 Å². The molecule has 1 aliphatic rings. The van der Waals surface area contributed by atoms with Gasteiger partial charge in [0.25, 0.3) is 11.7 Å². The molecule has 0 aliphatic carbocycles. The van der Waals surface area contributed by atoms with Crippen molar-refractivity contribution in [1.82, 2.24) is 5.06 Å². The van der Waals surface area contributed by atoms with Gasteiger partial charge in [-0.25, -0.2) is 4.79 Å². The summed E-state index contributed by atoms with van der Waals surface area (Å²) in [5.74, 6) is -6.93. The lowest BCUT2D eigenvalue weighted by Crippen LogP contribution is -2.41. The van der Waals surface area contributed by atoms with Gasteiger partial charge in [0, 0.05) is 12.8 Å². The first-order chi connectivity index (χ1) is 9.74. The van der Waals surface area contributed by atoms with E-state index in [1.807, 2.05) is 0 Å². The highest BCUT2D eigenvalue weighted by Crippen LogP contribution is 2.22. The molecule has 9 nitrogen and oxygen atoms in total. The second-order valence-electron chi connectivity index (χ2n) is 4.76. The SMILES string of the molecule is O=C(O)CCCCCCC(=O)ON1C(=O)CC(O)(O)C1=O. The molecular weight excluding hydrogens is 286 g/mol. The molecule has 0 bridgehead atoms. The van der Waals surface area contributed by atoms with Gasteiger partial charge in [0.05, 0.1) is 6.42 Å². The average molecular weight is 303 g/mol. The lowest BCUT2D eigenvalue weighted by atomic mass is 10.1. The molecule has 0 aromatic heterocycles. The lowest BCUT2D eigenvalue weighted by Gasteiger charge is -2.14. The molecule has 0 aromatic carbocycles. The molecule has 1 rings (SSSR count). The van der Waals surface area contributed by atoms with Gasteiger partial charge < -0.3 is 20.2 Å². The third-order valence-corrected chi connectivity index (χ3v) is 2.87. The molecule has 1 heterocycles. The minimum Gasteiger partial charge on any atom is -0.481 e. The molecule has 1 fully saturated rings. The number of carboxylic acids is 1. The molecule has 21 heavy (non-hydrogen) atoms. The minimum absolute atomic E-state index is 0.0615. The van der Waals surface area contributed by atoms with Gasteiger partial charge in [-0.15, -0.1) is 0 Å². The third kappa shape index (κ3) is 5.12. The summed E-state index contributed by atoms with van der Waals surface area (Å²) in [6.45, 7) is 0. The topological polar surface area (TPSA) is 141 Å². The maximum atomic E-state index is 11.4. The van der Waals surface area contributed by atoms with Crippen LogP contribution in [0.1, 0.15) is 44.9 Å². The molecule has 9 heteroatoms. The number of imide groups is 1. The number of unbranched alkanes of at least 4 members (excludes halogenated alkanes) is 3. The van der Waals surface area contributed by atoms with Crippen molar-refractivity contribution in [2.75, 3.05) is 0 Å². The second-order valence-corrected chi connectivity index (χ2v) is 4.76. The normalized spacial score (nSPS) is 17.1. The Morgan fingerprint density at radius 1 is 1.10 bits per heavy atom. The minimum atomic E-state index is -2.83. The van der Waals surface area contributed by atoms with Gasteiger partial charge in [-0.1, -0.05) is 17.9 Å². The molecule has 0 aromatic rings. The Kier molecular flexibility index (Phi) is 5.79. The summed E-state index contributed by atoms with van der Waals surface area (Å²) < 4.78 is 0. The highest BCUT2D eigenvalue weighted by atomic mass is 16.7. The van der Waals surface area contributed by atoms with Crippen LogP contribution in [0.25, 0.3) is 0 Å². The highest BCUT2D eigenvalue weighted by Gasteiger charge is 2.52. The molecule has 1 saturated heterocycles. The smallest absolute Gasteiger partial charge is 0.333 e. The van der Waals surface area contributed by atoms with E-state index in [1.165, 1.54) is 0 Å². The third-order valence-electron chi connectivity index (χ3n) is 2.87. The van der Waals surface area contributed by atoms with E-state index in [0.29, 0.717) is 25.7 Å². The van der Waals surface area contributed by atoms with Crippen molar-refractivity contribution < 1.29 is 39.3 Å². The molecule has 2 amide bonds. The van der Waals surface area contributed by atoms with E-state index in [1.54, 1.807) is 0 Å². The van der Waals surface area contributed by atoms with Gasteiger partial charge in [-0.05, 0) is 12.8 Å². The monoisotopic (exact) mass is 303 g/mol. The number of hydrogen-bond acceptors (Lipinski definition) is 7. The van der Waals surface area contributed by atoms with Gasteiger partial charge in [0.2, 0.25) is 0 Å². The summed E-state index contributed by atoms with van der Waals surface area (Å²) in [5.41, 5.74) is 0. The Morgan fingerprint density at radius 2 is 1.67 bits per heavy atom. The predicted molar refractivity (Wildman–Crippen MR) is 65.1 cm³/mol. The number of hydroxylamine groups is 2. The number of amides is 2. The van der Waals surface area contributed by atoms with Crippen LogP contribution in [-0.2, 0) is 24.0 Å². The van der Waals surface area contributed by atoms with Crippen LogP contribution in [0.4, 0.5) is 0 Å². The Bertz CT molecular complexity index is 445. The van der Waals surface area contributed by atoms with Crippen molar-refractivity contribution in [3.05, 3.63) is 0 Å². The van der Waals surface area contributed by atoms with Crippen LogP contribution in [0.5, 0.6) is 0 Å². The van der Waals surface area contributed by atoms with E-state index in [2.05, 4.69) is 4.84 Å². The van der Waals surface area contributed by atoms with Gasteiger partial charge >= 0.3 is 17.8 Å². The summed E-state index contributed by atoms with van der Waals surface area (Å²) in [4.78, 5) is 48.8. The Labute approximate surface area is 120 Å². The largest absolute Gasteiger partial charge is 0.481 e. The fraction of sp³-hybridized carbons (Fsp3) is 0.667. The molecule has 0 radical (unpaired) electrons. The van der Waals surface area contributed by atoms with E-state index in [9.17, 15) is 19.2 Å². The highest BCUT2D eigenvalue weighted by molar-refractivity contribution is 6.06. The van der Waals surface area contributed by atoms with Crippen molar-refractivity contribution in [2.45, 2.75) is 50.7 Å². The van der Waals surface area contributed by atoms with Crippen molar-refractivity contribution in [1.29, 1.82) is 0 Å². The standard InChI is InChI=1S/C12H17NO8/c14-8-7-12(19,20)11(18)13(8)21-10(17)6-4-2-1-3-5-9(15)16/h19-20H,1-7H2,(H,15,16). The maximum absolute atomic E-state index is 11.4. The van der Waals surface area contributed by atoms with Crippen LogP contribution in [0.15, 0.2) is 0 Å². The summed E-state index contributed by atoms with van der Waals surface area (Å²) >= 11 is 0. The van der Waals surface area contributed by atoms with E-state index in [4.69, 9.17) is 15.3 Å². The molecule has 0 atom stereocenters. The second kappa shape index (κ2) is 7.14. The average Bonchev–Trinajstić information content (AvgIpc) is 2.55. The van der Waals surface area contributed by atoms with Gasteiger partial charge in [0.15, 0.2) is 0 Å². The summed E-state index contributed by atoms with van der Waals surface area (Å²) in [6.07, 6.45) is 1.31. The van der Waals surface area contributed by atoms with Crippen LogP contribution in [-0.4, -0.2) is 49.9 Å². The van der Waals surface area contributed by atoms with Crippen LogP contribution in [0.2, 0.25) is 0 Å². The Hall–Kier alpha value is -2.00. The van der Waals surface area contributed by atoms with E-state index >= 15 is 0 Å². The zero-order valence-corrected chi connectivity index (χ0v) is 11.3. The summed E-state index contributed by atoms with van der Waals surface area (Å²) in [7, 11) is 0. The summed E-state index contributed by atoms with van der Waals surface area (Å²) in [5, 5.41) is 26.8. The number of rotatable bonds is 8. The molecule has 0 unspecified atom stereocenters. The number of hydrogen-bond donors (Lipinski definition) is 3. The zero-order valence-electron chi connectivity index (χ0n) is 11.3. The first-order valence-electron chi connectivity index (χ1n) is 6.49. The number of aliphatic hydroxyl groups is 2. The van der Waals surface area contributed by atoms with Gasteiger partial charge in [0.1, 0.15) is 0 Å². The number of carbonyl (C=O) groups excluding carboxylic acids is 3. The first kappa shape index (κ1) is 17.1. The molecule has 1 aliphatic heterocycles. The number of carbonyl (C=O) groups is 4. The fourth-order valence-corrected chi connectivity index (χ4v) is 1.77. The molecule has 3 N–H and O–H groups in total. The van der Waals surface area contributed by atoms with Gasteiger partial charge in [-0.3, -0.25) is 14.4 Å². The predicted octanol–water partition coefficient (Wildman–Crippen LogP) is -0.690. The fourth-order valence-electron chi connectivity index (χ4n) is 1.77. The zero-order chi connectivity index (χ0) is 16.0.